The van der Waals surface area contributed by atoms with E-state index in [1.165, 1.54) is 0 Å². The minimum absolute atomic E-state index is 0.140. The van der Waals surface area contributed by atoms with Crippen molar-refractivity contribution in [1.82, 2.24) is 0 Å². The first-order chi connectivity index (χ1) is 13.1. The van der Waals surface area contributed by atoms with Gasteiger partial charge in [0, 0.05) is 12.1 Å². The van der Waals surface area contributed by atoms with E-state index in [0.717, 1.165) is 34.8 Å². The number of allylic oxidation sites excluding steroid dienone is 2. The molecule has 1 aliphatic heterocycles. The Morgan fingerprint density at radius 3 is 2.52 bits per heavy atom. The van der Waals surface area contributed by atoms with E-state index >= 15 is 0 Å². The van der Waals surface area contributed by atoms with E-state index in [-0.39, 0.29) is 14.7 Å². The zero-order chi connectivity index (χ0) is 19.1. The second-order valence-electron chi connectivity index (χ2n) is 6.02. The normalized spacial score (nSPS) is 16.6. The molecule has 0 radical (unpaired) electrons. The summed E-state index contributed by atoms with van der Waals surface area (Å²) in [6, 6.07) is 14.9. The van der Waals surface area contributed by atoms with Crippen LogP contribution >= 0.6 is 23.5 Å². The maximum Gasteiger partial charge on any atom is 0.269 e. The van der Waals surface area contributed by atoms with E-state index in [0.29, 0.717) is 0 Å². The summed E-state index contributed by atoms with van der Waals surface area (Å²) in [5.41, 5.74) is 2.20. The highest BCUT2D eigenvalue weighted by Gasteiger charge is 2.33. The lowest BCUT2D eigenvalue weighted by Crippen LogP contribution is -2.20. The lowest BCUT2D eigenvalue weighted by Gasteiger charge is -2.33. The fourth-order valence-electron chi connectivity index (χ4n) is 2.81. The van der Waals surface area contributed by atoms with Gasteiger partial charge in [0.1, 0.15) is 9.83 Å². The van der Waals surface area contributed by atoms with Gasteiger partial charge in [-0.3, -0.25) is 10.1 Å². The molecule has 0 spiro atoms. The first-order valence-electron chi connectivity index (χ1n) is 8.66. The molecule has 4 nitrogen and oxygen atoms in total. The molecule has 0 atom stereocenters. The van der Waals surface area contributed by atoms with Gasteiger partial charge in [0.25, 0.3) is 5.69 Å². The minimum Gasteiger partial charge on any atom is -0.497 e. The van der Waals surface area contributed by atoms with Gasteiger partial charge in [-0.1, -0.05) is 48.6 Å². The molecule has 0 amide bonds. The first kappa shape index (κ1) is 19.6. The molecule has 1 saturated heterocycles. The lowest BCUT2D eigenvalue weighted by molar-refractivity contribution is -0.384. The van der Waals surface area contributed by atoms with Crippen LogP contribution in [0, 0.1) is 10.1 Å². The topological polar surface area (TPSA) is 52.4 Å². The second-order valence-corrected chi connectivity index (χ2v) is 8.96. The van der Waals surface area contributed by atoms with Gasteiger partial charge in [0.05, 0.1) is 12.0 Å². The van der Waals surface area contributed by atoms with Crippen molar-refractivity contribution < 1.29 is 9.66 Å². The van der Waals surface area contributed by atoms with Gasteiger partial charge in [-0.05, 0) is 41.2 Å². The molecule has 2 aromatic carbocycles. The number of methoxy groups -OCH3 is 1. The number of nitro groups is 1. The predicted molar refractivity (Wildman–Crippen MR) is 115 cm³/mol. The van der Waals surface area contributed by atoms with Crippen molar-refractivity contribution >= 4 is 35.3 Å². The van der Waals surface area contributed by atoms with Crippen LogP contribution in [-0.4, -0.2) is 23.5 Å². The third kappa shape index (κ3) is 4.96. The second kappa shape index (κ2) is 9.15. The number of thioether (sulfide) groups is 2. The average molecular weight is 400 g/mol. The lowest BCUT2D eigenvalue weighted by atomic mass is 10.1. The van der Waals surface area contributed by atoms with Crippen LogP contribution in [0.2, 0.25) is 0 Å². The van der Waals surface area contributed by atoms with Crippen molar-refractivity contribution in [3.63, 3.8) is 0 Å². The number of benzene rings is 2. The van der Waals surface area contributed by atoms with E-state index < -0.39 is 0 Å². The maximum absolute atomic E-state index is 11.2. The summed E-state index contributed by atoms with van der Waals surface area (Å²) in [6.07, 6.45) is 9.39. The molecule has 0 bridgehead atoms. The van der Waals surface area contributed by atoms with Crippen molar-refractivity contribution in [2.75, 3.05) is 18.6 Å². The molecule has 0 aromatic heterocycles. The van der Waals surface area contributed by atoms with Crippen LogP contribution in [0.5, 0.6) is 5.75 Å². The van der Waals surface area contributed by atoms with E-state index in [1.54, 1.807) is 25.3 Å². The molecule has 1 aliphatic rings. The van der Waals surface area contributed by atoms with Gasteiger partial charge in [0.2, 0.25) is 0 Å². The summed E-state index contributed by atoms with van der Waals surface area (Å²) >= 11 is 3.68. The highest BCUT2D eigenvalue weighted by Crippen LogP contribution is 2.51. The van der Waals surface area contributed by atoms with Crippen LogP contribution in [0.4, 0.5) is 5.69 Å². The SMILES string of the molecule is COc1ccc(/C=C/C=C/C2(c3cccc([N+](=O)[O-])c3)SCCCS2)cc1. The summed E-state index contributed by atoms with van der Waals surface area (Å²) in [5.74, 6) is 2.92. The Morgan fingerprint density at radius 1 is 1.11 bits per heavy atom. The van der Waals surface area contributed by atoms with Gasteiger partial charge in [-0.25, -0.2) is 0 Å². The van der Waals surface area contributed by atoms with Gasteiger partial charge >= 0.3 is 0 Å². The Kier molecular flexibility index (Phi) is 6.63. The first-order valence-corrected chi connectivity index (χ1v) is 10.6. The van der Waals surface area contributed by atoms with Gasteiger partial charge in [-0.15, -0.1) is 23.5 Å². The number of ether oxygens (including phenoxy) is 1. The fraction of sp³-hybridized carbons (Fsp3) is 0.238. The Morgan fingerprint density at radius 2 is 1.85 bits per heavy atom. The van der Waals surface area contributed by atoms with Crippen LogP contribution in [-0.2, 0) is 4.08 Å². The Labute approximate surface area is 167 Å². The molecule has 6 heteroatoms. The summed E-state index contributed by atoms with van der Waals surface area (Å²) in [4.78, 5) is 10.8. The largest absolute Gasteiger partial charge is 0.497 e. The van der Waals surface area contributed by atoms with Crippen LogP contribution in [0.15, 0.2) is 66.8 Å². The molecular formula is C21H21NO3S2. The quantitative estimate of drug-likeness (QED) is 0.344. The summed E-state index contributed by atoms with van der Waals surface area (Å²) in [5, 5.41) is 11.2. The van der Waals surface area contributed by atoms with E-state index in [9.17, 15) is 10.1 Å². The molecule has 0 saturated carbocycles. The Bertz CT molecular complexity index is 841. The monoisotopic (exact) mass is 399 g/mol. The van der Waals surface area contributed by atoms with Crippen molar-refractivity contribution in [3.8, 4) is 5.75 Å². The highest BCUT2D eigenvalue weighted by molar-refractivity contribution is 8.18. The third-order valence-corrected chi connectivity index (χ3v) is 7.51. The number of hydrogen-bond acceptors (Lipinski definition) is 5. The van der Waals surface area contributed by atoms with Gasteiger partial charge < -0.3 is 4.74 Å². The summed E-state index contributed by atoms with van der Waals surface area (Å²) in [6.45, 7) is 0. The Balaban J connectivity index is 1.82. The van der Waals surface area contributed by atoms with Crippen molar-refractivity contribution in [1.29, 1.82) is 0 Å². The minimum atomic E-state index is -0.331. The molecule has 0 N–H and O–H groups in total. The van der Waals surface area contributed by atoms with Crippen LogP contribution in [0.3, 0.4) is 0 Å². The van der Waals surface area contributed by atoms with E-state index in [2.05, 4.69) is 6.08 Å². The molecule has 1 heterocycles. The molecule has 27 heavy (non-hydrogen) atoms. The average Bonchev–Trinajstić information content (AvgIpc) is 2.72. The number of hydrogen-bond donors (Lipinski definition) is 0. The zero-order valence-electron chi connectivity index (χ0n) is 15.0. The number of nitro benzene ring substituents is 1. The zero-order valence-corrected chi connectivity index (χ0v) is 16.7. The smallest absolute Gasteiger partial charge is 0.269 e. The molecule has 0 aliphatic carbocycles. The van der Waals surface area contributed by atoms with Crippen LogP contribution in [0.25, 0.3) is 6.08 Å². The van der Waals surface area contributed by atoms with Crippen molar-refractivity contribution in [2.45, 2.75) is 10.5 Å². The van der Waals surface area contributed by atoms with Gasteiger partial charge in [0.15, 0.2) is 0 Å². The summed E-state index contributed by atoms with van der Waals surface area (Å²) < 4.78 is 4.89. The summed E-state index contributed by atoms with van der Waals surface area (Å²) in [7, 11) is 1.65. The molecular weight excluding hydrogens is 378 g/mol. The van der Waals surface area contributed by atoms with Crippen molar-refractivity contribution in [3.05, 3.63) is 88.0 Å². The Hall–Kier alpha value is -2.18. The van der Waals surface area contributed by atoms with Crippen molar-refractivity contribution in [2.24, 2.45) is 0 Å². The maximum atomic E-state index is 11.2. The molecule has 3 rings (SSSR count). The standard InChI is InChI=1S/C21H21NO3S2/c1-25-20-11-9-17(10-12-20)6-2-3-13-21(26-14-5-15-27-21)18-7-4-8-19(16-18)22(23)24/h2-4,6-13,16H,5,14-15H2,1H3/b6-2+,13-3+. The molecule has 1 fully saturated rings. The molecule has 0 unspecified atom stereocenters. The number of rotatable bonds is 6. The third-order valence-electron chi connectivity index (χ3n) is 4.21. The van der Waals surface area contributed by atoms with Crippen LogP contribution in [0.1, 0.15) is 17.5 Å². The molecule has 140 valence electrons. The fourth-order valence-corrected chi connectivity index (χ4v) is 5.94. The van der Waals surface area contributed by atoms with Gasteiger partial charge in [-0.2, -0.15) is 0 Å². The highest BCUT2D eigenvalue weighted by atomic mass is 32.2. The number of nitrogens with zero attached hydrogens (tertiary/aromatic N) is 1. The van der Waals surface area contributed by atoms with Crippen LogP contribution < -0.4 is 4.74 Å². The molecule has 2 aromatic rings. The van der Waals surface area contributed by atoms with E-state index in [1.807, 2.05) is 72.1 Å². The number of non-ortho nitro benzene ring substituents is 1. The predicted octanol–water partition coefficient (Wildman–Crippen LogP) is 5.90. The van der Waals surface area contributed by atoms with E-state index in [4.69, 9.17) is 4.74 Å².